The van der Waals surface area contributed by atoms with Crippen molar-refractivity contribution < 1.29 is 17.9 Å². The molecule has 0 saturated carbocycles. The van der Waals surface area contributed by atoms with E-state index in [1.54, 1.807) is 18.2 Å². The van der Waals surface area contributed by atoms with Crippen LogP contribution in [-0.2, 0) is 14.8 Å². The summed E-state index contributed by atoms with van der Waals surface area (Å²) >= 11 is 0. The number of nitrogens with one attached hydrogen (secondary N) is 1. The van der Waals surface area contributed by atoms with Crippen molar-refractivity contribution in [3.05, 3.63) is 53.6 Å². The summed E-state index contributed by atoms with van der Waals surface area (Å²) < 4.78 is 33.3. The van der Waals surface area contributed by atoms with Crippen LogP contribution < -0.4 is 10.1 Å². The Hall–Kier alpha value is -2.38. The maximum absolute atomic E-state index is 13.2. The highest BCUT2D eigenvalue weighted by Gasteiger charge is 2.33. The second-order valence-corrected chi connectivity index (χ2v) is 10.3. The Bertz CT molecular complexity index is 1020. The Labute approximate surface area is 185 Å². The van der Waals surface area contributed by atoms with E-state index in [-0.39, 0.29) is 23.3 Å². The number of nitrogens with zero attached hydrogens (tertiary/aromatic N) is 1. The summed E-state index contributed by atoms with van der Waals surface area (Å²) in [7, 11) is -3.67. The van der Waals surface area contributed by atoms with Crippen molar-refractivity contribution in [2.45, 2.75) is 51.3 Å². The third-order valence-electron chi connectivity index (χ3n) is 5.68. The van der Waals surface area contributed by atoms with Crippen molar-refractivity contribution in [1.29, 1.82) is 0 Å². The lowest BCUT2D eigenvalue weighted by molar-refractivity contribution is -0.120. The fourth-order valence-electron chi connectivity index (χ4n) is 3.82. The standard InChI is InChI=1S/C24H32N2O4S/c1-5-30-23-13-12-22(15-18(23)4)31(28,29)26-14-6-7-20(16-26)24(27)25-21-10-8-19(9-11-21)17(2)3/h8-13,15,17,20H,5-7,14,16H2,1-4H3,(H,25,27)/t20-/m0/s1. The number of aryl methyl sites for hydroxylation is 1. The quantitative estimate of drug-likeness (QED) is 0.679. The molecule has 168 valence electrons. The third kappa shape index (κ3) is 5.46. The number of amides is 1. The molecule has 3 rings (SSSR count). The van der Waals surface area contributed by atoms with Crippen molar-refractivity contribution in [2.24, 2.45) is 5.92 Å². The number of carbonyl (C=O) groups is 1. The Morgan fingerprint density at radius 2 is 1.90 bits per heavy atom. The summed E-state index contributed by atoms with van der Waals surface area (Å²) in [6.45, 7) is 9.09. The van der Waals surface area contributed by atoms with Gasteiger partial charge < -0.3 is 10.1 Å². The van der Waals surface area contributed by atoms with Crippen LogP contribution in [0.2, 0.25) is 0 Å². The van der Waals surface area contributed by atoms with Crippen LogP contribution in [0.25, 0.3) is 0 Å². The lowest BCUT2D eigenvalue weighted by Crippen LogP contribution is -2.43. The van der Waals surface area contributed by atoms with Crippen molar-refractivity contribution >= 4 is 21.6 Å². The monoisotopic (exact) mass is 444 g/mol. The number of carbonyl (C=O) groups excluding carboxylic acids is 1. The highest BCUT2D eigenvalue weighted by atomic mass is 32.2. The van der Waals surface area contributed by atoms with Crippen molar-refractivity contribution in [3.8, 4) is 5.75 Å². The lowest BCUT2D eigenvalue weighted by atomic mass is 9.98. The average Bonchev–Trinajstić information content (AvgIpc) is 2.75. The van der Waals surface area contributed by atoms with Crippen molar-refractivity contribution in [3.63, 3.8) is 0 Å². The topological polar surface area (TPSA) is 75.7 Å². The molecule has 1 heterocycles. The highest BCUT2D eigenvalue weighted by molar-refractivity contribution is 7.89. The molecule has 0 unspecified atom stereocenters. The number of anilines is 1. The van der Waals surface area contributed by atoms with Gasteiger partial charge in [-0.1, -0.05) is 26.0 Å². The molecule has 0 aromatic heterocycles. The molecule has 0 radical (unpaired) electrons. The third-order valence-corrected chi connectivity index (χ3v) is 7.54. The van der Waals surface area contributed by atoms with E-state index in [0.29, 0.717) is 37.7 Å². The minimum absolute atomic E-state index is 0.139. The van der Waals surface area contributed by atoms with Gasteiger partial charge in [-0.2, -0.15) is 4.31 Å². The van der Waals surface area contributed by atoms with E-state index in [4.69, 9.17) is 4.74 Å². The maximum Gasteiger partial charge on any atom is 0.243 e. The molecule has 0 bridgehead atoms. The summed E-state index contributed by atoms with van der Waals surface area (Å²) in [5.41, 5.74) is 2.72. The van der Waals surface area contributed by atoms with Gasteiger partial charge in [0, 0.05) is 18.8 Å². The van der Waals surface area contributed by atoms with Crippen LogP contribution in [0.15, 0.2) is 47.4 Å². The smallest absolute Gasteiger partial charge is 0.243 e. The second kappa shape index (κ2) is 9.83. The first-order valence-electron chi connectivity index (χ1n) is 10.9. The van der Waals surface area contributed by atoms with E-state index >= 15 is 0 Å². The molecule has 2 aromatic rings. The number of hydrogen-bond donors (Lipinski definition) is 1. The van der Waals surface area contributed by atoms with Gasteiger partial charge in [0.25, 0.3) is 0 Å². The molecule has 1 aliphatic heterocycles. The fraction of sp³-hybridized carbons (Fsp3) is 0.458. The zero-order chi connectivity index (χ0) is 22.6. The van der Waals surface area contributed by atoms with Crippen LogP contribution >= 0.6 is 0 Å². The van der Waals surface area contributed by atoms with Gasteiger partial charge in [0.2, 0.25) is 15.9 Å². The summed E-state index contributed by atoms with van der Waals surface area (Å²) in [6, 6.07) is 12.7. The summed E-state index contributed by atoms with van der Waals surface area (Å²) in [6.07, 6.45) is 1.32. The van der Waals surface area contributed by atoms with E-state index in [9.17, 15) is 13.2 Å². The van der Waals surface area contributed by atoms with E-state index < -0.39 is 10.0 Å². The minimum Gasteiger partial charge on any atom is -0.494 e. The van der Waals surface area contributed by atoms with Crippen molar-refractivity contribution in [2.75, 3.05) is 25.0 Å². The van der Waals surface area contributed by atoms with Crippen LogP contribution in [0, 0.1) is 12.8 Å². The number of rotatable bonds is 7. The van der Waals surface area contributed by atoms with Gasteiger partial charge in [-0.25, -0.2) is 8.42 Å². The molecular formula is C24H32N2O4S. The van der Waals surface area contributed by atoms with Gasteiger partial charge >= 0.3 is 0 Å². The fourth-order valence-corrected chi connectivity index (χ4v) is 5.43. The Morgan fingerprint density at radius 3 is 2.52 bits per heavy atom. The second-order valence-electron chi connectivity index (χ2n) is 8.33. The zero-order valence-electron chi connectivity index (χ0n) is 18.7. The number of sulfonamides is 1. The summed E-state index contributed by atoms with van der Waals surface area (Å²) in [4.78, 5) is 13.1. The molecule has 31 heavy (non-hydrogen) atoms. The van der Waals surface area contributed by atoms with Gasteiger partial charge in [-0.3, -0.25) is 4.79 Å². The molecule has 6 nitrogen and oxygen atoms in total. The van der Waals surface area contributed by atoms with Crippen LogP contribution in [0.3, 0.4) is 0 Å². The summed E-state index contributed by atoms with van der Waals surface area (Å²) in [5, 5.41) is 2.94. The predicted molar refractivity (Wildman–Crippen MR) is 123 cm³/mol. The van der Waals surface area contributed by atoms with Crippen LogP contribution in [0.5, 0.6) is 5.75 Å². The van der Waals surface area contributed by atoms with Gasteiger partial charge in [-0.05, 0) is 74.1 Å². The van der Waals surface area contributed by atoms with Gasteiger partial charge in [-0.15, -0.1) is 0 Å². The van der Waals surface area contributed by atoms with E-state index in [0.717, 1.165) is 11.3 Å². The zero-order valence-corrected chi connectivity index (χ0v) is 19.5. The normalized spacial score (nSPS) is 17.5. The molecule has 1 aliphatic rings. The lowest BCUT2D eigenvalue weighted by Gasteiger charge is -2.31. The Morgan fingerprint density at radius 1 is 1.19 bits per heavy atom. The number of benzene rings is 2. The largest absolute Gasteiger partial charge is 0.494 e. The first kappa shape index (κ1) is 23.3. The SMILES string of the molecule is CCOc1ccc(S(=O)(=O)N2CCC[C@H](C(=O)Nc3ccc(C(C)C)cc3)C2)cc1C. The van der Waals surface area contributed by atoms with E-state index in [1.807, 2.05) is 38.1 Å². The van der Waals surface area contributed by atoms with Gasteiger partial charge in [0.1, 0.15) is 5.75 Å². The van der Waals surface area contributed by atoms with Crippen LogP contribution in [0.4, 0.5) is 5.69 Å². The molecule has 1 N–H and O–H groups in total. The Balaban J connectivity index is 1.70. The minimum atomic E-state index is -3.67. The number of ether oxygens (including phenoxy) is 1. The van der Waals surface area contributed by atoms with Crippen LogP contribution in [-0.4, -0.2) is 38.3 Å². The Kier molecular flexibility index (Phi) is 7.38. The van der Waals surface area contributed by atoms with Gasteiger partial charge in [0.15, 0.2) is 0 Å². The molecule has 1 fully saturated rings. The number of hydrogen-bond acceptors (Lipinski definition) is 4. The molecule has 0 spiro atoms. The molecule has 1 amide bonds. The van der Waals surface area contributed by atoms with Gasteiger partial charge in [0.05, 0.1) is 17.4 Å². The molecule has 2 aromatic carbocycles. The average molecular weight is 445 g/mol. The molecule has 1 atom stereocenters. The molecule has 1 saturated heterocycles. The number of piperidine rings is 1. The molecule has 7 heteroatoms. The first-order chi connectivity index (χ1) is 14.7. The maximum atomic E-state index is 13.2. The molecule has 0 aliphatic carbocycles. The predicted octanol–water partition coefficient (Wildman–Crippen LogP) is 4.56. The van der Waals surface area contributed by atoms with E-state index in [1.165, 1.54) is 9.87 Å². The van der Waals surface area contributed by atoms with Crippen molar-refractivity contribution in [1.82, 2.24) is 4.31 Å². The van der Waals surface area contributed by atoms with E-state index in [2.05, 4.69) is 19.2 Å². The highest BCUT2D eigenvalue weighted by Crippen LogP contribution is 2.28. The van der Waals surface area contributed by atoms with Crippen LogP contribution in [0.1, 0.15) is 50.7 Å². The first-order valence-corrected chi connectivity index (χ1v) is 12.3. The molecular weight excluding hydrogens is 412 g/mol. The summed E-state index contributed by atoms with van der Waals surface area (Å²) in [5.74, 6) is 0.589.